The summed E-state index contributed by atoms with van der Waals surface area (Å²) in [6.07, 6.45) is 0.652. The van der Waals surface area contributed by atoms with Gasteiger partial charge in [0.1, 0.15) is 0 Å². The van der Waals surface area contributed by atoms with Crippen LogP contribution in [-0.2, 0) is 11.2 Å². The molecule has 0 radical (unpaired) electrons. The Morgan fingerprint density at radius 3 is 2.61 bits per heavy atom. The summed E-state index contributed by atoms with van der Waals surface area (Å²) in [5.41, 5.74) is 2.09. The number of anilines is 1. The van der Waals surface area contributed by atoms with E-state index in [4.69, 9.17) is 4.74 Å². The fraction of sp³-hybridized carbons (Fsp3) is 0.500. The topological polar surface area (TPSA) is 32.8 Å². The number of carbonyl (C=O) groups excluding carboxylic acids is 1. The quantitative estimate of drug-likeness (QED) is 0.804. The third-order valence-electron chi connectivity index (χ3n) is 2.69. The predicted molar refractivity (Wildman–Crippen MR) is 74.1 cm³/mol. The molecule has 0 unspecified atom stereocenters. The average molecular weight is 250 g/mol. The highest BCUT2D eigenvalue weighted by atomic mass is 16.6. The van der Waals surface area contributed by atoms with Crippen LogP contribution in [0.4, 0.5) is 10.5 Å². The van der Waals surface area contributed by atoms with Gasteiger partial charge in [0.05, 0.1) is 6.61 Å². The number of benzene rings is 1. The number of likely N-dealkylation sites (N-methyl/N-ethyl adjacent to an activating group) is 1. The minimum Gasteiger partial charge on any atom is -0.449 e. The van der Waals surface area contributed by atoms with Gasteiger partial charge in [-0.3, -0.25) is 4.90 Å². The van der Waals surface area contributed by atoms with E-state index in [1.165, 1.54) is 10.5 Å². The van der Waals surface area contributed by atoms with Gasteiger partial charge in [0.25, 0.3) is 0 Å². The molecule has 100 valence electrons. The third-order valence-corrected chi connectivity index (χ3v) is 2.69. The summed E-state index contributed by atoms with van der Waals surface area (Å²) >= 11 is 0. The average Bonchev–Trinajstić information content (AvgIpc) is 2.36. The Hall–Kier alpha value is -1.55. The highest BCUT2D eigenvalue weighted by molar-refractivity contribution is 5.87. The van der Waals surface area contributed by atoms with Crippen LogP contribution in [0.5, 0.6) is 0 Å². The zero-order valence-corrected chi connectivity index (χ0v) is 11.6. The zero-order valence-electron chi connectivity index (χ0n) is 11.6. The van der Waals surface area contributed by atoms with Crippen LogP contribution in [0, 0.1) is 0 Å². The van der Waals surface area contributed by atoms with Crippen molar-refractivity contribution in [2.24, 2.45) is 0 Å². The number of amides is 1. The number of carbonyl (C=O) groups is 1. The van der Waals surface area contributed by atoms with Gasteiger partial charge in [0.2, 0.25) is 0 Å². The maximum absolute atomic E-state index is 11.6. The molecule has 0 spiro atoms. The molecular formula is C14H22N2O2. The molecule has 1 aromatic rings. The smallest absolute Gasteiger partial charge is 0.413 e. The first-order valence-electron chi connectivity index (χ1n) is 6.18. The molecule has 0 bridgehead atoms. The minimum absolute atomic E-state index is 0.317. The molecule has 0 fully saturated rings. The van der Waals surface area contributed by atoms with Gasteiger partial charge in [-0.05, 0) is 45.1 Å². The third kappa shape index (κ3) is 4.37. The van der Waals surface area contributed by atoms with Crippen LogP contribution in [0.2, 0.25) is 0 Å². The van der Waals surface area contributed by atoms with Crippen molar-refractivity contribution < 1.29 is 9.53 Å². The van der Waals surface area contributed by atoms with E-state index in [1.807, 2.05) is 18.2 Å². The second-order valence-electron chi connectivity index (χ2n) is 4.48. The molecule has 1 rings (SSSR count). The van der Waals surface area contributed by atoms with Crippen molar-refractivity contribution >= 4 is 11.8 Å². The normalized spacial score (nSPS) is 10.5. The first kappa shape index (κ1) is 14.5. The number of hydrogen-bond acceptors (Lipinski definition) is 3. The minimum atomic E-state index is -0.317. The molecular weight excluding hydrogens is 228 g/mol. The van der Waals surface area contributed by atoms with E-state index in [1.54, 1.807) is 14.0 Å². The second kappa shape index (κ2) is 7.01. The van der Waals surface area contributed by atoms with Crippen LogP contribution in [0.25, 0.3) is 0 Å². The van der Waals surface area contributed by atoms with Crippen LogP contribution in [0.3, 0.4) is 0 Å². The molecule has 0 aromatic heterocycles. The van der Waals surface area contributed by atoms with E-state index < -0.39 is 0 Å². The van der Waals surface area contributed by atoms with Crippen molar-refractivity contribution in [2.75, 3.05) is 39.2 Å². The molecule has 0 aliphatic heterocycles. The molecule has 4 heteroatoms. The predicted octanol–water partition coefficient (Wildman–Crippen LogP) is 2.38. The molecule has 0 aliphatic carbocycles. The number of hydrogen-bond donors (Lipinski definition) is 0. The van der Waals surface area contributed by atoms with E-state index in [0.29, 0.717) is 6.61 Å². The Morgan fingerprint density at radius 2 is 2.00 bits per heavy atom. The summed E-state index contributed by atoms with van der Waals surface area (Å²) in [7, 11) is 5.83. The van der Waals surface area contributed by atoms with Crippen molar-refractivity contribution in [1.82, 2.24) is 4.90 Å². The standard InChI is InChI=1S/C14H22N2O2/c1-5-18-14(17)16(4)13-8-6-7-12(11-13)9-10-15(2)3/h6-8,11H,5,9-10H2,1-4H3. The van der Waals surface area contributed by atoms with Gasteiger partial charge < -0.3 is 9.64 Å². The Labute approximate surface area is 109 Å². The summed E-state index contributed by atoms with van der Waals surface area (Å²) in [5.74, 6) is 0. The van der Waals surface area contributed by atoms with Crippen LogP contribution < -0.4 is 4.90 Å². The maximum atomic E-state index is 11.6. The second-order valence-corrected chi connectivity index (χ2v) is 4.48. The molecule has 4 nitrogen and oxygen atoms in total. The molecule has 18 heavy (non-hydrogen) atoms. The number of rotatable bonds is 5. The molecule has 1 aromatic carbocycles. The van der Waals surface area contributed by atoms with E-state index in [-0.39, 0.29) is 6.09 Å². The Bertz CT molecular complexity index is 391. The molecule has 0 aliphatic rings. The van der Waals surface area contributed by atoms with Crippen LogP contribution in [-0.4, -0.2) is 45.3 Å². The molecule has 0 N–H and O–H groups in total. The van der Waals surface area contributed by atoms with E-state index in [0.717, 1.165) is 18.7 Å². The highest BCUT2D eigenvalue weighted by Crippen LogP contribution is 2.16. The van der Waals surface area contributed by atoms with Gasteiger partial charge in [-0.25, -0.2) is 4.79 Å². The summed E-state index contributed by atoms with van der Waals surface area (Å²) in [6.45, 7) is 3.19. The first-order chi connectivity index (χ1) is 8.54. The van der Waals surface area contributed by atoms with Gasteiger partial charge in [-0.15, -0.1) is 0 Å². The summed E-state index contributed by atoms with van der Waals surface area (Å²) in [4.78, 5) is 15.3. The van der Waals surface area contributed by atoms with Crippen molar-refractivity contribution in [3.8, 4) is 0 Å². The largest absolute Gasteiger partial charge is 0.449 e. The Balaban J connectivity index is 2.71. The van der Waals surface area contributed by atoms with Crippen molar-refractivity contribution in [3.05, 3.63) is 29.8 Å². The SMILES string of the molecule is CCOC(=O)N(C)c1cccc(CCN(C)C)c1. The van der Waals surface area contributed by atoms with Crippen molar-refractivity contribution in [1.29, 1.82) is 0 Å². The monoisotopic (exact) mass is 250 g/mol. The maximum Gasteiger partial charge on any atom is 0.413 e. The van der Waals surface area contributed by atoms with Gasteiger partial charge >= 0.3 is 6.09 Å². The Morgan fingerprint density at radius 1 is 1.28 bits per heavy atom. The molecule has 1 amide bonds. The lowest BCUT2D eigenvalue weighted by molar-refractivity contribution is 0.161. The van der Waals surface area contributed by atoms with Crippen LogP contribution in [0.15, 0.2) is 24.3 Å². The highest BCUT2D eigenvalue weighted by Gasteiger charge is 2.11. The Kier molecular flexibility index (Phi) is 5.65. The fourth-order valence-corrected chi connectivity index (χ4v) is 1.60. The van der Waals surface area contributed by atoms with E-state index >= 15 is 0 Å². The van der Waals surface area contributed by atoms with Crippen molar-refractivity contribution in [3.63, 3.8) is 0 Å². The van der Waals surface area contributed by atoms with E-state index in [2.05, 4.69) is 25.1 Å². The van der Waals surface area contributed by atoms with Crippen LogP contribution >= 0.6 is 0 Å². The molecule has 0 saturated heterocycles. The van der Waals surface area contributed by atoms with Gasteiger partial charge in [-0.1, -0.05) is 12.1 Å². The van der Waals surface area contributed by atoms with Crippen LogP contribution in [0.1, 0.15) is 12.5 Å². The fourth-order valence-electron chi connectivity index (χ4n) is 1.60. The van der Waals surface area contributed by atoms with E-state index in [9.17, 15) is 4.79 Å². The zero-order chi connectivity index (χ0) is 13.5. The summed E-state index contributed by atoms with van der Waals surface area (Å²) in [5, 5.41) is 0. The van der Waals surface area contributed by atoms with Gasteiger partial charge in [0.15, 0.2) is 0 Å². The lowest BCUT2D eigenvalue weighted by atomic mass is 10.1. The summed E-state index contributed by atoms with van der Waals surface area (Å²) < 4.78 is 4.97. The van der Waals surface area contributed by atoms with Crippen molar-refractivity contribution in [2.45, 2.75) is 13.3 Å². The van der Waals surface area contributed by atoms with Gasteiger partial charge in [-0.2, -0.15) is 0 Å². The first-order valence-corrected chi connectivity index (χ1v) is 6.18. The lowest BCUT2D eigenvalue weighted by Crippen LogP contribution is -2.27. The lowest BCUT2D eigenvalue weighted by Gasteiger charge is -2.17. The summed E-state index contributed by atoms with van der Waals surface area (Å²) in [6, 6.07) is 7.98. The number of nitrogens with zero attached hydrogens (tertiary/aromatic N) is 2. The van der Waals surface area contributed by atoms with Gasteiger partial charge in [0, 0.05) is 19.3 Å². The molecule has 0 saturated carbocycles. The molecule has 0 atom stereocenters. The molecule has 0 heterocycles. The number of ether oxygens (including phenoxy) is 1.